The van der Waals surface area contributed by atoms with Crippen molar-refractivity contribution in [3.8, 4) is 0 Å². The molecule has 1 aromatic rings. The van der Waals surface area contributed by atoms with Crippen LogP contribution < -0.4 is 0 Å². The van der Waals surface area contributed by atoms with E-state index >= 15 is 0 Å². The van der Waals surface area contributed by atoms with E-state index < -0.39 is 11.9 Å². The lowest BCUT2D eigenvalue weighted by Gasteiger charge is -2.05. The normalized spacial score (nSPS) is 12.0. The summed E-state index contributed by atoms with van der Waals surface area (Å²) in [5.74, 6) is 0. The molecule has 0 amide bonds. The molecule has 0 atom stereocenters. The molecular formula is C7H8BrF3N2. The fourth-order valence-corrected chi connectivity index (χ4v) is 1.28. The summed E-state index contributed by atoms with van der Waals surface area (Å²) in [6, 6.07) is 0. The molecule has 13 heavy (non-hydrogen) atoms. The van der Waals surface area contributed by atoms with Gasteiger partial charge in [0, 0.05) is 10.9 Å². The zero-order chi connectivity index (χ0) is 9.90. The first-order valence-electron chi connectivity index (χ1n) is 3.71. The van der Waals surface area contributed by atoms with Crippen LogP contribution in [0.15, 0.2) is 6.20 Å². The third-order valence-electron chi connectivity index (χ3n) is 1.58. The molecule has 0 saturated heterocycles. The maximum atomic E-state index is 12.2. The maximum absolute atomic E-state index is 12.2. The summed E-state index contributed by atoms with van der Waals surface area (Å²) in [6.45, 7) is 0. The Morgan fingerprint density at radius 2 is 2.15 bits per heavy atom. The van der Waals surface area contributed by atoms with Crippen molar-refractivity contribution in [2.45, 2.75) is 19.0 Å². The number of alkyl halides is 4. The fourth-order valence-electron chi connectivity index (χ4n) is 1.00. The number of aromatic amines is 1. The Morgan fingerprint density at radius 3 is 2.69 bits per heavy atom. The highest BCUT2D eigenvalue weighted by Gasteiger charge is 2.35. The molecule has 1 N–H and O–H groups in total. The first kappa shape index (κ1) is 10.6. The summed E-state index contributed by atoms with van der Waals surface area (Å²) in [5.41, 5.74) is -0.500. The Bertz CT molecular complexity index is 269. The average Bonchev–Trinajstić information content (AvgIpc) is 2.47. The smallest absolute Gasteiger partial charge is 0.273 e. The number of nitrogens with zero attached hydrogens (tertiary/aromatic N) is 1. The van der Waals surface area contributed by atoms with Crippen molar-refractivity contribution in [2.75, 3.05) is 5.33 Å². The molecule has 0 saturated carbocycles. The SMILES string of the molecule is FC(F)(F)c1[nH]ncc1CCCBr. The van der Waals surface area contributed by atoms with E-state index in [1.54, 1.807) is 0 Å². The predicted octanol–water partition coefficient (Wildman–Crippen LogP) is 2.76. The second-order valence-electron chi connectivity index (χ2n) is 2.56. The zero-order valence-corrected chi connectivity index (χ0v) is 8.24. The number of hydrogen-bond donors (Lipinski definition) is 1. The van der Waals surface area contributed by atoms with E-state index in [2.05, 4.69) is 21.0 Å². The number of aromatic nitrogens is 2. The monoisotopic (exact) mass is 256 g/mol. The second-order valence-corrected chi connectivity index (χ2v) is 3.35. The van der Waals surface area contributed by atoms with Crippen LogP contribution in [-0.2, 0) is 12.6 Å². The Kier molecular flexibility index (Phi) is 3.35. The van der Waals surface area contributed by atoms with Gasteiger partial charge in [-0.3, -0.25) is 5.10 Å². The molecule has 0 bridgehead atoms. The van der Waals surface area contributed by atoms with Gasteiger partial charge in [0.15, 0.2) is 0 Å². The van der Waals surface area contributed by atoms with E-state index in [0.29, 0.717) is 18.2 Å². The van der Waals surface area contributed by atoms with Crippen LogP contribution in [0.5, 0.6) is 0 Å². The first-order valence-corrected chi connectivity index (χ1v) is 4.83. The number of hydrogen-bond acceptors (Lipinski definition) is 1. The van der Waals surface area contributed by atoms with Crippen molar-refractivity contribution in [1.29, 1.82) is 0 Å². The van der Waals surface area contributed by atoms with Gasteiger partial charge in [0.05, 0.1) is 6.20 Å². The second kappa shape index (κ2) is 4.13. The summed E-state index contributed by atoms with van der Waals surface area (Å²) < 4.78 is 36.7. The Hall–Kier alpha value is -0.520. The van der Waals surface area contributed by atoms with Crippen LogP contribution in [0.2, 0.25) is 0 Å². The van der Waals surface area contributed by atoms with Gasteiger partial charge in [-0.1, -0.05) is 15.9 Å². The van der Waals surface area contributed by atoms with E-state index in [4.69, 9.17) is 0 Å². The highest BCUT2D eigenvalue weighted by molar-refractivity contribution is 9.09. The van der Waals surface area contributed by atoms with Gasteiger partial charge in [-0.15, -0.1) is 0 Å². The van der Waals surface area contributed by atoms with Gasteiger partial charge in [0.25, 0.3) is 0 Å². The molecule has 1 aromatic heterocycles. The number of halogens is 4. The van der Waals surface area contributed by atoms with Crippen LogP contribution >= 0.6 is 15.9 Å². The van der Waals surface area contributed by atoms with Crippen LogP contribution in [0, 0.1) is 0 Å². The minimum absolute atomic E-state index is 0.229. The van der Waals surface area contributed by atoms with Crippen LogP contribution in [0.1, 0.15) is 17.7 Å². The van der Waals surface area contributed by atoms with Crippen LogP contribution in [0.3, 0.4) is 0 Å². The third kappa shape index (κ3) is 2.72. The topological polar surface area (TPSA) is 28.7 Å². The van der Waals surface area contributed by atoms with Gasteiger partial charge in [-0.25, -0.2) is 0 Å². The largest absolute Gasteiger partial charge is 0.433 e. The van der Waals surface area contributed by atoms with E-state index in [1.165, 1.54) is 6.20 Å². The summed E-state index contributed by atoms with van der Waals surface area (Å²) in [6.07, 6.45) is -2.04. The lowest BCUT2D eigenvalue weighted by atomic mass is 10.1. The van der Waals surface area contributed by atoms with Crippen molar-refractivity contribution in [3.05, 3.63) is 17.5 Å². The number of H-pyrrole nitrogens is 1. The predicted molar refractivity (Wildman–Crippen MR) is 45.7 cm³/mol. The van der Waals surface area contributed by atoms with Crippen molar-refractivity contribution in [1.82, 2.24) is 10.2 Å². The summed E-state index contributed by atoms with van der Waals surface area (Å²) in [5, 5.41) is 6.04. The quantitative estimate of drug-likeness (QED) is 0.828. The van der Waals surface area contributed by atoms with Crippen molar-refractivity contribution < 1.29 is 13.2 Å². The van der Waals surface area contributed by atoms with Gasteiger partial charge in [0.2, 0.25) is 0 Å². The third-order valence-corrected chi connectivity index (χ3v) is 2.14. The summed E-state index contributed by atoms with van der Waals surface area (Å²) >= 11 is 3.16. The molecule has 74 valence electrons. The first-order chi connectivity index (χ1) is 6.05. The standard InChI is InChI=1S/C7H8BrF3N2/c8-3-1-2-5-4-12-13-6(5)7(9,10)11/h4H,1-3H2,(H,12,13). The van der Waals surface area contributed by atoms with Crippen LogP contribution in [-0.4, -0.2) is 15.5 Å². The molecule has 0 unspecified atom stereocenters. The highest BCUT2D eigenvalue weighted by atomic mass is 79.9. The Morgan fingerprint density at radius 1 is 1.46 bits per heavy atom. The molecule has 0 fully saturated rings. The van der Waals surface area contributed by atoms with E-state index in [9.17, 15) is 13.2 Å². The van der Waals surface area contributed by atoms with E-state index in [0.717, 1.165) is 0 Å². The van der Waals surface area contributed by atoms with Gasteiger partial charge in [-0.2, -0.15) is 18.3 Å². The van der Waals surface area contributed by atoms with Crippen molar-refractivity contribution >= 4 is 15.9 Å². The Labute approximate surface area is 81.7 Å². The molecular weight excluding hydrogens is 249 g/mol. The highest BCUT2D eigenvalue weighted by Crippen LogP contribution is 2.30. The molecule has 0 aromatic carbocycles. The number of nitrogens with one attached hydrogen (secondary N) is 1. The van der Waals surface area contributed by atoms with E-state index in [-0.39, 0.29) is 5.56 Å². The fraction of sp³-hybridized carbons (Fsp3) is 0.571. The number of rotatable bonds is 3. The molecule has 1 rings (SSSR count). The molecule has 0 aliphatic rings. The lowest BCUT2D eigenvalue weighted by Crippen LogP contribution is -2.08. The Balaban J connectivity index is 2.77. The van der Waals surface area contributed by atoms with Crippen molar-refractivity contribution in [2.24, 2.45) is 0 Å². The zero-order valence-electron chi connectivity index (χ0n) is 6.66. The molecule has 2 nitrogen and oxygen atoms in total. The maximum Gasteiger partial charge on any atom is 0.433 e. The van der Waals surface area contributed by atoms with Gasteiger partial charge < -0.3 is 0 Å². The molecule has 1 heterocycles. The molecule has 0 radical (unpaired) electrons. The van der Waals surface area contributed by atoms with Gasteiger partial charge >= 0.3 is 6.18 Å². The molecule has 0 aliphatic heterocycles. The van der Waals surface area contributed by atoms with Crippen LogP contribution in [0.4, 0.5) is 13.2 Å². The van der Waals surface area contributed by atoms with Crippen molar-refractivity contribution in [3.63, 3.8) is 0 Å². The number of aryl methyl sites for hydroxylation is 1. The van der Waals surface area contributed by atoms with E-state index in [1.807, 2.05) is 5.10 Å². The average molecular weight is 257 g/mol. The summed E-state index contributed by atoms with van der Waals surface area (Å²) in [7, 11) is 0. The van der Waals surface area contributed by atoms with Crippen LogP contribution in [0.25, 0.3) is 0 Å². The summed E-state index contributed by atoms with van der Waals surface area (Å²) in [4.78, 5) is 0. The minimum Gasteiger partial charge on any atom is -0.273 e. The minimum atomic E-state index is -4.32. The molecule has 6 heteroatoms. The van der Waals surface area contributed by atoms with Gasteiger partial charge in [0.1, 0.15) is 5.69 Å². The molecule has 0 aliphatic carbocycles. The lowest BCUT2D eigenvalue weighted by molar-refractivity contribution is -0.141. The van der Waals surface area contributed by atoms with Gasteiger partial charge in [-0.05, 0) is 12.8 Å². The molecule has 0 spiro atoms.